The summed E-state index contributed by atoms with van der Waals surface area (Å²) in [5, 5.41) is 34.6. The van der Waals surface area contributed by atoms with Crippen LogP contribution < -0.4 is 0 Å². The van der Waals surface area contributed by atoms with Gasteiger partial charge in [0, 0.05) is 6.42 Å². The lowest BCUT2D eigenvalue weighted by Gasteiger charge is -2.21. The van der Waals surface area contributed by atoms with Crippen molar-refractivity contribution in [3.05, 3.63) is 0 Å². The van der Waals surface area contributed by atoms with E-state index < -0.39 is 37.4 Å². The van der Waals surface area contributed by atoms with Gasteiger partial charge < -0.3 is 25.2 Å². The molecular weight excluding hydrogens is 171 g/mol. The molecule has 0 aliphatic heterocycles. The van der Waals surface area contributed by atoms with Crippen LogP contribution in [0.25, 0.3) is 0 Å². The molecule has 0 saturated heterocycles. The largest absolute Gasteiger partial charge is 0.390 e. The zero-order valence-corrected chi connectivity index (χ0v) is 6.09. The second-order valence-electron chi connectivity index (χ2n) is 2.27. The van der Waals surface area contributed by atoms with E-state index in [2.05, 4.69) is 0 Å². The third-order valence-electron chi connectivity index (χ3n) is 1.32. The fourth-order valence-electron chi connectivity index (χ4n) is 0.596. The molecule has 1 unspecified atom stereocenters. The van der Waals surface area contributed by atoms with E-state index >= 15 is 0 Å². The van der Waals surface area contributed by atoms with Crippen molar-refractivity contribution in [1.82, 2.24) is 0 Å². The Morgan fingerprint density at radius 1 is 1.33 bits per heavy atom. The highest BCUT2D eigenvalue weighted by Crippen LogP contribution is 2.07. The van der Waals surface area contributed by atoms with Crippen LogP contribution in [0.15, 0.2) is 0 Å². The van der Waals surface area contributed by atoms with Gasteiger partial charge in [-0.3, -0.25) is 0 Å². The Balaban J connectivity index is 4.08. The van der Waals surface area contributed by atoms with Gasteiger partial charge in [-0.2, -0.15) is 0 Å². The summed E-state index contributed by atoms with van der Waals surface area (Å²) in [6.07, 6.45) is -10.5. The number of aldehydes is 1. The number of aliphatic hydroxyl groups excluding tert-OH is 4. The molecule has 0 aliphatic rings. The Labute approximate surface area is 69.5 Å². The molecule has 0 aromatic heterocycles. The number of aliphatic hydroxyl groups is 4. The highest BCUT2D eigenvalue weighted by Gasteiger charge is 2.29. The zero-order chi connectivity index (χ0) is 10.6. The van der Waals surface area contributed by atoms with E-state index in [-0.39, 0.29) is 0 Å². The van der Waals surface area contributed by atoms with E-state index in [1.807, 2.05) is 0 Å². The van der Waals surface area contributed by atoms with Gasteiger partial charge in [-0.05, 0) is 0 Å². The van der Waals surface area contributed by atoms with Gasteiger partial charge >= 0.3 is 0 Å². The fourth-order valence-corrected chi connectivity index (χ4v) is 0.596. The van der Waals surface area contributed by atoms with Gasteiger partial charge in [0.2, 0.25) is 6.36 Å². The normalized spacial score (nSPS) is 22.2. The van der Waals surface area contributed by atoms with Crippen LogP contribution in [0.2, 0.25) is 0 Å². The second kappa shape index (κ2) is 5.15. The first-order chi connectivity index (χ1) is 5.86. The van der Waals surface area contributed by atoms with Crippen LogP contribution in [-0.2, 0) is 4.79 Å². The molecule has 6 heteroatoms. The first kappa shape index (κ1) is 9.53. The molecule has 0 radical (unpaired) electrons. The van der Waals surface area contributed by atoms with E-state index in [0.29, 0.717) is 0 Å². The average molecular weight is 183 g/mol. The minimum Gasteiger partial charge on any atom is -0.390 e. The van der Waals surface area contributed by atoms with Crippen molar-refractivity contribution < 1.29 is 31.0 Å². The molecule has 0 spiro atoms. The molecule has 72 valence electrons. The summed E-state index contributed by atoms with van der Waals surface area (Å²) in [5.41, 5.74) is 0. The van der Waals surface area contributed by atoms with E-state index in [0.717, 1.165) is 0 Å². The van der Waals surface area contributed by atoms with Crippen molar-refractivity contribution >= 4 is 6.26 Å². The average Bonchev–Trinajstić information content (AvgIpc) is 2.00. The number of carbonyl (C=O) groups excluding carboxylic acids is 1. The third kappa shape index (κ3) is 3.22. The van der Waals surface area contributed by atoms with Crippen LogP contribution in [0, 0.1) is 0 Å². The van der Waals surface area contributed by atoms with Crippen molar-refractivity contribution in [3.8, 4) is 0 Å². The minimum absolute atomic E-state index is 0.731. The number of carbonyl (C=O) groups is 1. The minimum atomic E-state index is -2.70. The second-order valence-corrected chi connectivity index (χ2v) is 2.27. The Kier molecular flexibility index (Phi) is 4.09. The smallest absolute Gasteiger partial charge is 0.225 e. The van der Waals surface area contributed by atoms with Gasteiger partial charge in [0.25, 0.3) is 0 Å². The topological polar surface area (TPSA) is 98.0 Å². The van der Waals surface area contributed by atoms with Crippen molar-refractivity contribution in [2.24, 2.45) is 0 Å². The molecule has 0 fully saturated rings. The molecular formula is C6H11FO5. The van der Waals surface area contributed by atoms with Crippen molar-refractivity contribution in [1.29, 1.82) is 0 Å². The van der Waals surface area contributed by atoms with Crippen LogP contribution >= 0.6 is 0 Å². The van der Waals surface area contributed by atoms with Gasteiger partial charge in [0.1, 0.15) is 19.8 Å². The van der Waals surface area contributed by atoms with Gasteiger partial charge in [0.05, 0.1) is 6.10 Å². The van der Waals surface area contributed by atoms with Gasteiger partial charge in [-0.25, -0.2) is 4.39 Å². The summed E-state index contributed by atoms with van der Waals surface area (Å²) in [6, 6.07) is 0. The Morgan fingerprint density at radius 3 is 2.17 bits per heavy atom. The van der Waals surface area contributed by atoms with E-state index in [9.17, 15) is 9.18 Å². The summed E-state index contributed by atoms with van der Waals surface area (Å²) in [7, 11) is 0. The van der Waals surface area contributed by atoms with Crippen molar-refractivity contribution in [2.75, 3.05) is 0 Å². The van der Waals surface area contributed by atoms with Crippen LogP contribution in [-0.4, -0.2) is 51.4 Å². The molecule has 12 heavy (non-hydrogen) atoms. The highest BCUT2D eigenvalue weighted by atomic mass is 19.1. The summed E-state index contributed by atoms with van der Waals surface area (Å²) >= 11 is 0. The predicted octanol–water partition coefficient (Wildman–Crippen LogP) is -2.05. The summed E-state index contributed by atoms with van der Waals surface area (Å²) in [6.45, 7) is 0. The van der Waals surface area contributed by atoms with Crippen LogP contribution in [0.5, 0.6) is 0 Å². The lowest BCUT2D eigenvalue weighted by molar-refractivity contribution is -0.146. The molecule has 0 aromatic carbocycles. The number of alkyl halides is 1. The molecule has 0 saturated carbocycles. The Bertz CT molecular complexity index is 176. The highest BCUT2D eigenvalue weighted by molar-refractivity contribution is 5.50. The molecule has 5 nitrogen and oxygen atoms in total. The van der Waals surface area contributed by atoms with E-state index in [1.54, 1.807) is 0 Å². The van der Waals surface area contributed by atoms with Crippen LogP contribution in [0.1, 0.15) is 7.79 Å². The molecule has 0 rings (SSSR count). The third-order valence-corrected chi connectivity index (χ3v) is 1.32. The number of hydrogen-bond acceptors (Lipinski definition) is 5. The molecule has 4 atom stereocenters. The van der Waals surface area contributed by atoms with Crippen molar-refractivity contribution in [3.63, 3.8) is 0 Å². The fraction of sp³-hybridized carbons (Fsp3) is 0.833. The van der Waals surface area contributed by atoms with E-state index in [4.69, 9.17) is 21.8 Å². The maximum atomic E-state index is 11.9. The predicted molar refractivity (Wildman–Crippen MR) is 35.8 cm³/mol. The standard InChI is InChI=1S/C6H11FO5/c7-6(12)5(11)4(10)3(9)1-2-8/h2-6,9-12H,1H2/t3-,4+,5+,6?/m1/s1/i2D. The quantitative estimate of drug-likeness (QED) is 0.368. The Hall–Kier alpha value is -0.560. The first-order valence-corrected chi connectivity index (χ1v) is 3.22. The monoisotopic (exact) mass is 183 g/mol. The van der Waals surface area contributed by atoms with Crippen LogP contribution in [0.3, 0.4) is 0 Å². The molecule has 0 aromatic rings. The maximum Gasteiger partial charge on any atom is 0.225 e. The summed E-state index contributed by atoms with van der Waals surface area (Å²) in [4.78, 5) is 10.1. The van der Waals surface area contributed by atoms with Gasteiger partial charge in [0.15, 0.2) is 0 Å². The van der Waals surface area contributed by atoms with E-state index in [1.165, 1.54) is 0 Å². The maximum absolute atomic E-state index is 11.9. The zero-order valence-electron chi connectivity index (χ0n) is 7.09. The van der Waals surface area contributed by atoms with Gasteiger partial charge in [-0.1, -0.05) is 0 Å². The lowest BCUT2D eigenvalue weighted by Crippen LogP contribution is -2.42. The van der Waals surface area contributed by atoms with Gasteiger partial charge in [-0.15, -0.1) is 0 Å². The molecule has 0 heterocycles. The number of hydrogen-bond donors (Lipinski definition) is 4. The SMILES string of the molecule is [2H]C(=O)C[C@@H](O)[C@H](O)[C@H](O)C(O)F. The molecule has 0 bridgehead atoms. The van der Waals surface area contributed by atoms with Crippen LogP contribution in [0.4, 0.5) is 4.39 Å². The summed E-state index contributed by atoms with van der Waals surface area (Å²) < 4.78 is 18.3. The molecule has 0 amide bonds. The first-order valence-electron chi connectivity index (χ1n) is 3.72. The lowest BCUT2D eigenvalue weighted by atomic mass is 10.1. The Morgan fingerprint density at radius 2 is 1.83 bits per heavy atom. The summed E-state index contributed by atoms with van der Waals surface area (Å²) in [5.74, 6) is 0. The number of rotatable bonds is 5. The number of halogens is 1. The van der Waals surface area contributed by atoms with Crippen molar-refractivity contribution in [2.45, 2.75) is 31.1 Å². The molecule has 4 N–H and O–H groups in total. The molecule has 0 aliphatic carbocycles.